The Hall–Kier alpha value is -1.26. The molecule has 6 nitrogen and oxygen atoms in total. The SMILES string of the molecule is CC(C(=O)O)N1CCN(C(=O)CSCC#N)CC1. The van der Waals surface area contributed by atoms with Gasteiger partial charge in [0.05, 0.1) is 17.6 Å². The number of aliphatic carboxylic acids is 1. The van der Waals surface area contributed by atoms with E-state index in [9.17, 15) is 9.59 Å². The lowest BCUT2D eigenvalue weighted by atomic mass is 10.2. The number of rotatable bonds is 5. The predicted octanol–water partition coefficient (Wildman–Crippen LogP) is -0.140. The van der Waals surface area contributed by atoms with Crippen LogP contribution in [0.5, 0.6) is 0 Å². The summed E-state index contributed by atoms with van der Waals surface area (Å²) < 4.78 is 0. The van der Waals surface area contributed by atoms with Crippen molar-refractivity contribution in [3.63, 3.8) is 0 Å². The summed E-state index contributed by atoms with van der Waals surface area (Å²) in [6.45, 7) is 3.94. The lowest BCUT2D eigenvalue weighted by Crippen LogP contribution is -2.53. The fourth-order valence-electron chi connectivity index (χ4n) is 1.79. The molecule has 1 rings (SSSR count). The fraction of sp³-hybridized carbons (Fsp3) is 0.727. The number of carbonyl (C=O) groups is 2. The van der Waals surface area contributed by atoms with E-state index in [1.807, 2.05) is 11.0 Å². The molecule has 0 aromatic rings. The number of nitriles is 1. The molecule has 0 saturated carbocycles. The highest BCUT2D eigenvalue weighted by molar-refractivity contribution is 8.00. The first kappa shape index (κ1) is 14.8. The first-order valence-electron chi connectivity index (χ1n) is 5.75. The van der Waals surface area contributed by atoms with E-state index >= 15 is 0 Å². The molecule has 1 amide bonds. The summed E-state index contributed by atoms with van der Waals surface area (Å²) in [7, 11) is 0. The number of hydrogen-bond acceptors (Lipinski definition) is 5. The zero-order valence-corrected chi connectivity index (χ0v) is 11.2. The number of carboxylic acids is 1. The highest BCUT2D eigenvalue weighted by atomic mass is 32.2. The van der Waals surface area contributed by atoms with Gasteiger partial charge in [0.2, 0.25) is 5.91 Å². The standard InChI is InChI=1S/C11H17N3O3S/c1-9(11(16)17)13-3-5-14(6-4-13)10(15)8-18-7-2-12/h9H,3-8H2,1H3,(H,16,17). The van der Waals surface area contributed by atoms with Gasteiger partial charge in [0, 0.05) is 26.2 Å². The average molecular weight is 271 g/mol. The molecular weight excluding hydrogens is 254 g/mol. The van der Waals surface area contributed by atoms with Crippen LogP contribution in [0.4, 0.5) is 0 Å². The maximum absolute atomic E-state index is 11.7. The van der Waals surface area contributed by atoms with E-state index in [0.29, 0.717) is 37.7 Å². The van der Waals surface area contributed by atoms with Crippen LogP contribution in [0.2, 0.25) is 0 Å². The molecule has 0 aliphatic carbocycles. The summed E-state index contributed by atoms with van der Waals surface area (Å²) in [5.41, 5.74) is 0. The van der Waals surface area contributed by atoms with Crippen LogP contribution in [0.3, 0.4) is 0 Å². The zero-order chi connectivity index (χ0) is 13.5. The van der Waals surface area contributed by atoms with Crippen LogP contribution < -0.4 is 0 Å². The molecule has 0 aromatic heterocycles. The smallest absolute Gasteiger partial charge is 0.320 e. The van der Waals surface area contributed by atoms with Crippen molar-refractivity contribution in [3.8, 4) is 6.07 Å². The van der Waals surface area contributed by atoms with Crippen molar-refractivity contribution >= 4 is 23.6 Å². The minimum atomic E-state index is -0.834. The molecule has 1 aliphatic heterocycles. The van der Waals surface area contributed by atoms with Crippen molar-refractivity contribution in [2.45, 2.75) is 13.0 Å². The van der Waals surface area contributed by atoms with E-state index in [-0.39, 0.29) is 5.91 Å². The lowest BCUT2D eigenvalue weighted by Gasteiger charge is -2.36. The van der Waals surface area contributed by atoms with E-state index in [1.165, 1.54) is 11.8 Å². The zero-order valence-electron chi connectivity index (χ0n) is 10.3. The van der Waals surface area contributed by atoms with Crippen molar-refractivity contribution in [1.82, 2.24) is 9.80 Å². The van der Waals surface area contributed by atoms with E-state index in [2.05, 4.69) is 0 Å². The Morgan fingerprint density at radius 3 is 2.50 bits per heavy atom. The Labute approximate surface area is 111 Å². The van der Waals surface area contributed by atoms with Crippen LogP contribution in [0, 0.1) is 11.3 Å². The normalized spacial score (nSPS) is 18.1. The molecule has 1 unspecified atom stereocenters. The van der Waals surface area contributed by atoms with Gasteiger partial charge in [-0.25, -0.2) is 0 Å². The maximum atomic E-state index is 11.7. The van der Waals surface area contributed by atoms with Crippen LogP contribution in [0.15, 0.2) is 0 Å². The summed E-state index contributed by atoms with van der Waals surface area (Å²) in [4.78, 5) is 26.2. The maximum Gasteiger partial charge on any atom is 0.320 e. The molecule has 18 heavy (non-hydrogen) atoms. The summed E-state index contributed by atoms with van der Waals surface area (Å²) in [5.74, 6) is -0.165. The van der Waals surface area contributed by atoms with Crippen molar-refractivity contribution in [1.29, 1.82) is 5.26 Å². The second kappa shape index (κ2) is 7.24. The number of carboxylic acid groups (broad SMARTS) is 1. The molecule has 100 valence electrons. The molecule has 1 fully saturated rings. The van der Waals surface area contributed by atoms with Gasteiger partial charge < -0.3 is 10.0 Å². The molecule has 0 radical (unpaired) electrons. The first-order valence-corrected chi connectivity index (χ1v) is 6.91. The number of carbonyl (C=O) groups excluding carboxylic acids is 1. The van der Waals surface area contributed by atoms with E-state index in [1.54, 1.807) is 11.8 Å². The van der Waals surface area contributed by atoms with Crippen LogP contribution in [0.25, 0.3) is 0 Å². The van der Waals surface area contributed by atoms with Crippen LogP contribution in [-0.4, -0.2) is 70.5 Å². The van der Waals surface area contributed by atoms with Crippen LogP contribution in [0.1, 0.15) is 6.92 Å². The third-order valence-corrected chi connectivity index (χ3v) is 3.75. The highest BCUT2D eigenvalue weighted by Gasteiger charge is 2.26. The number of amides is 1. The van der Waals surface area contributed by atoms with Crippen molar-refractivity contribution < 1.29 is 14.7 Å². The van der Waals surface area contributed by atoms with E-state index < -0.39 is 12.0 Å². The number of thioether (sulfide) groups is 1. The van der Waals surface area contributed by atoms with Crippen LogP contribution >= 0.6 is 11.8 Å². The predicted molar refractivity (Wildman–Crippen MR) is 68.2 cm³/mol. The number of hydrogen-bond donors (Lipinski definition) is 1. The van der Waals surface area contributed by atoms with Gasteiger partial charge in [0.25, 0.3) is 0 Å². The molecule has 0 aromatic carbocycles. The Morgan fingerprint density at radius 2 is 2.00 bits per heavy atom. The molecule has 1 saturated heterocycles. The summed E-state index contributed by atoms with van der Waals surface area (Å²) >= 11 is 1.31. The average Bonchev–Trinajstić information content (AvgIpc) is 2.38. The second-order valence-electron chi connectivity index (χ2n) is 4.08. The largest absolute Gasteiger partial charge is 0.480 e. The van der Waals surface area contributed by atoms with Gasteiger partial charge in [0.15, 0.2) is 0 Å². The number of piperazine rings is 1. The molecule has 1 N–H and O–H groups in total. The third kappa shape index (κ3) is 4.20. The summed E-state index contributed by atoms with van der Waals surface area (Å²) in [6, 6.07) is 1.47. The minimum absolute atomic E-state index is 0.0258. The van der Waals surface area contributed by atoms with E-state index in [0.717, 1.165) is 0 Å². The third-order valence-electron chi connectivity index (χ3n) is 2.96. The molecule has 7 heteroatoms. The molecule has 1 aliphatic rings. The van der Waals surface area contributed by atoms with Gasteiger partial charge in [-0.15, -0.1) is 11.8 Å². The Bertz CT molecular complexity index is 348. The van der Waals surface area contributed by atoms with Crippen molar-refractivity contribution in [2.24, 2.45) is 0 Å². The van der Waals surface area contributed by atoms with Crippen molar-refractivity contribution in [2.75, 3.05) is 37.7 Å². The first-order chi connectivity index (χ1) is 8.56. The molecule has 0 spiro atoms. The van der Waals surface area contributed by atoms with Gasteiger partial charge in [-0.2, -0.15) is 5.26 Å². The topological polar surface area (TPSA) is 84.6 Å². The molecular formula is C11H17N3O3S. The minimum Gasteiger partial charge on any atom is -0.480 e. The molecule has 1 atom stereocenters. The van der Waals surface area contributed by atoms with E-state index in [4.69, 9.17) is 10.4 Å². The number of nitrogens with zero attached hydrogens (tertiary/aromatic N) is 3. The summed E-state index contributed by atoms with van der Waals surface area (Å²) in [5, 5.41) is 17.3. The van der Waals surface area contributed by atoms with Gasteiger partial charge >= 0.3 is 5.97 Å². The van der Waals surface area contributed by atoms with Gasteiger partial charge in [-0.05, 0) is 6.92 Å². The van der Waals surface area contributed by atoms with Gasteiger partial charge in [-0.3, -0.25) is 14.5 Å². The van der Waals surface area contributed by atoms with Crippen LogP contribution in [-0.2, 0) is 9.59 Å². The fourth-order valence-corrected chi connectivity index (χ4v) is 2.34. The molecule has 0 bridgehead atoms. The van der Waals surface area contributed by atoms with Gasteiger partial charge in [0.1, 0.15) is 6.04 Å². The Morgan fingerprint density at radius 1 is 1.39 bits per heavy atom. The second-order valence-corrected chi connectivity index (χ2v) is 5.07. The quantitative estimate of drug-likeness (QED) is 0.701. The van der Waals surface area contributed by atoms with Crippen molar-refractivity contribution in [3.05, 3.63) is 0 Å². The molecule has 1 heterocycles. The lowest BCUT2D eigenvalue weighted by molar-refractivity contribution is -0.143. The van der Waals surface area contributed by atoms with Gasteiger partial charge in [-0.1, -0.05) is 0 Å². The Balaban J connectivity index is 2.33. The highest BCUT2D eigenvalue weighted by Crippen LogP contribution is 2.09. The summed E-state index contributed by atoms with van der Waals surface area (Å²) in [6.07, 6.45) is 0. The Kier molecular flexibility index (Phi) is 5.95. The monoisotopic (exact) mass is 271 g/mol.